The fourth-order valence-electron chi connectivity index (χ4n) is 1.66. The van der Waals surface area contributed by atoms with Gasteiger partial charge in [-0.1, -0.05) is 40.0 Å². The molecule has 0 aliphatic heterocycles. The summed E-state index contributed by atoms with van der Waals surface area (Å²) in [4.78, 5) is 0. The van der Waals surface area contributed by atoms with Crippen molar-refractivity contribution in [2.45, 2.75) is 59.3 Å². The average Bonchev–Trinajstić information content (AvgIpc) is 2.17. The fraction of sp³-hybridized carbons (Fsp3) is 1.00. The van der Waals surface area contributed by atoms with Gasteiger partial charge in [-0.05, 0) is 19.3 Å². The third-order valence-electron chi connectivity index (χ3n) is 2.65. The van der Waals surface area contributed by atoms with E-state index in [0.29, 0.717) is 0 Å². The second-order valence-electron chi connectivity index (χ2n) is 4.06. The molecule has 0 spiro atoms. The predicted octanol–water partition coefficient (Wildman–Crippen LogP) is 5.02. The molecule has 0 unspecified atom stereocenters. The van der Waals surface area contributed by atoms with Gasteiger partial charge < -0.3 is 0 Å². The maximum Gasteiger partial charge on any atom is 0.0571 e. The lowest BCUT2D eigenvalue weighted by Crippen LogP contribution is -1.95. The van der Waals surface area contributed by atoms with E-state index in [1.54, 1.807) is 18.5 Å². The van der Waals surface area contributed by atoms with E-state index in [0.717, 1.165) is 0 Å². The van der Waals surface area contributed by atoms with E-state index in [-0.39, 0.29) is 20.3 Å². The molecule has 2 heteroatoms. The molecule has 88 valence electrons. The van der Waals surface area contributed by atoms with Crippen LogP contribution in [0.3, 0.4) is 0 Å². The summed E-state index contributed by atoms with van der Waals surface area (Å²) in [6.07, 6.45) is 13.4. The minimum Gasteiger partial charge on any atom is -0.147 e. The molecule has 0 amide bonds. The van der Waals surface area contributed by atoms with E-state index in [2.05, 4.69) is 20.8 Å². The molecule has 0 rings (SSSR count). The molecule has 0 radical (unpaired) electrons. The molecule has 0 heterocycles. The molecular weight excluding hydrogens is 211 g/mol. The van der Waals surface area contributed by atoms with Crippen molar-refractivity contribution >= 4 is 20.3 Å². The van der Waals surface area contributed by atoms with Gasteiger partial charge in [0, 0.05) is 7.92 Å². The highest BCUT2D eigenvalue weighted by atomic mass is 35.5. The third-order valence-corrected chi connectivity index (χ3v) is 5.83. The molecule has 0 N–H and O–H groups in total. The monoisotopic (exact) mass is 239 g/mol. The summed E-state index contributed by atoms with van der Waals surface area (Å²) in [5.41, 5.74) is 0. The van der Waals surface area contributed by atoms with Crippen LogP contribution in [-0.4, -0.2) is 18.5 Å². The van der Waals surface area contributed by atoms with Gasteiger partial charge in [0.1, 0.15) is 0 Å². The van der Waals surface area contributed by atoms with Gasteiger partial charge in [0.25, 0.3) is 0 Å². The summed E-state index contributed by atoms with van der Waals surface area (Å²) in [6.45, 7) is 6.96. The van der Waals surface area contributed by atoms with Crippen LogP contribution in [0.15, 0.2) is 0 Å². The standard InChI is InChI=1S/C12H27P.ClH/c1-4-7-10-13(11-8-5-2)12-9-6-3;/h4-12H2,1-3H3;1H/p+1. The van der Waals surface area contributed by atoms with Gasteiger partial charge in [-0.15, -0.1) is 12.4 Å². The third kappa shape index (κ3) is 10.8. The molecule has 14 heavy (non-hydrogen) atoms. The molecule has 0 saturated heterocycles. The van der Waals surface area contributed by atoms with Gasteiger partial charge in [0.15, 0.2) is 0 Å². The van der Waals surface area contributed by atoms with Crippen molar-refractivity contribution in [3.63, 3.8) is 0 Å². The van der Waals surface area contributed by atoms with Crippen molar-refractivity contribution in [2.24, 2.45) is 0 Å². The van der Waals surface area contributed by atoms with Crippen LogP contribution in [0.1, 0.15) is 59.3 Å². The molecule has 0 aliphatic carbocycles. The predicted molar refractivity (Wildman–Crippen MR) is 74.9 cm³/mol. The van der Waals surface area contributed by atoms with Gasteiger partial charge in [-0.2, -0.15) is 0 Å². The van der Waals surface area contributed by atoms with Crippen LogP contribution in [0.25, 0.3) is 0 Å². The zero-order chi connectivity index (χ0) is 9.94. The normalized spacial score (nSPS) is 10.3. The summed E-state index contributed by atoms with van der Waals surface area (Å²) < 4.78 is 0. The first kappa shape index (κ1) is 17.1. The van der Waals surface area contributed by atoms with Crippen molar-refractivity contribution in [2.75, 3.05) is 18.5 Å². The van der Waals surface area contributed by atoms with E-state index in [1.807, 2.05) is 0 Å². The van der Waals surface area contributed by atoms with Crippen LogP contribution in [0.2, 0.25) is 0 Å². The minimum absolute atomic E-state index is 0. The van der Waals surface area contributed by atoms with E-state index >= 15 is 0 Å². The van der Waals surface area contributed by atoms with Gasteiger partial charge in [0.05, 0.1) is 18.5 Å². The molecule has 0 aromatic rings. The fourth-order valence-corrected chi connectivity index (χ4v) is 4.97. The second-order valence-corrected chi connectivity index (χ2v) is 7.06. The quantitative estimate of drug-likeness (QED) is 0.496. The molecule has 0 aromatic carbocycles. The lowest BCUT2D eigenvalue weighted by atomic mass is 10.4. The minimum atomic E-state index is 0. The number of hydrogen-bond acceptors (Lipinski definition) is 0. The maximum absolute atomic E-state index is 2.32. The van der Waals surface area contributed by atoms with Crippen LogP contribution in [0.5, 0.6) is 0 Å². The van der Waals surface area contributed by atoms with Crippen molar-refractivity contribution in [3.05, 3.63) is 0 Å². The molecule has 0 saturated carbocycles. The summed E-state index contributed by atoms with van der Waals surface area (Å²) in [6, 6.07) is 0. The Labute approximate surface area is 98.4 Å². The van der Waals surface area contributed by atoms with Crippen LogP contribution in [0, 0.1) is 0 Å². The zero-order valence-electron chi connectivity index (χ0n) is 10.3. The van der Waals surface area contributed by atoms with E-state index < -0.39 is 0 Å². The molecule has 0 aromatic heterocycles. The largest absolute Gasteiger partial charge is 0.147 e. The maximum atomic E-state index is 2.32. The molecule has 0 nitrogen and oxygen atoms in total. The van der Waals surface area contributed by atoms with Crippen LogP contribution in [-0.2, 0) is 0 Å². The number of halogens is 1. The van der Waals surface area contributed by atoms with Crippen molar-refractivity contribution in [3.8, 4) is 0 Å². The SMILES string of the molecule is CCCC[PH+](CCCC)CCCC.Cl. The van der Waals surface area contributed by atoms with Crippen LogP contribution >= 0.6 is 20.3 Å². The van der Waals surface area contributed by atoms with E-state index in [4.69, 9.17) is 0 Å². The molecule has 0 atom stereocenters. The summed E-state index contributed by atoms with van der Waals surface area (Å²) >= 11 is 0. The first-order valence-corrected chi connectivity index (χ1v) is 8.30. The first-order valence-electron chi connectivity index (χ1n) is 6.18. The van der Waals surface area contributed by atoms with Gasteiger partial charge in [0.2, 0.25) is 0 Å². The lowest BCUT2D eigenvalue weighted by Gasteiger charge is -2.09. The Hall–Kier alpha value is 0.720. The van der Waals surface area contributed by atoms with Gasteiger partial charge in [-0.25, -0.2) is 0 Å². The summed E-state index contributed by atoms with van der Waals surface area (Å²) in [5, 5.41) is 0. The second kappa shape index (κ2) is 13.7. The number of rotatable bonds is 9. The Bertz CT molecular complexity index is 77.3. The van der Waals surface area contributed by atoms with Crippen LogP contribution < -0.4 is 0 Å². The van der Waals surface area contributed by atoms with Crippen molar-refractivity contribution in [1.29, 1.82) is 0 Å². The topological polar surface area (TPSA) is 0 Å². The van der Waals surface area contributed by atoms with E-state index in [1.165, 1.54) is 38.5 Å². The average molecular weight is 240 g/mol. The highest BCUT2D eigenvalue weighted by Crippen LogP contribution is 2.38. The highest BCUT2D eigenvalue weighted by molar-refractivity contribution is 7.57. The Morgan fingerprint density at radius 2 is 0.929 bits per heavy atom. The smallest absolute Gasteiger partial charge is 0.0571 e. The number of hydrogen-bond donors (Lipinski definition) is 0. The van der Waals surface area contributed by atoms with Gasteiger partial charge in [-0.3, -0.25) is 0 Å². The molecule has 0 bridgehead atoms. The van der Waals surface area contributed by atoms with Gasteiger partial charge >= 0.3 is 0 Å². The highest BCUT2D eigenvalue weighted by Gasteiger charge is 2.12. The van der Waals surface area contributed by atoms with Crippen molar-refractivity contribution < 1.29 is 0 Å². The zero-order valence-corrected chi connectivity index (χ0v) is 12.1. The summed E-state index contributed by atoms with van der Waals surface area (Å²) in [5.74, 6) is 0. The van der Waals surface area contributed by atoms with E-state index in [9.17, 15) is 0 Å². The number of unbranched alkanes of at least 4 members (excludes halogenated alkanes) is 3. The molecular formula is C12H29ClP+. The lowest BCUT2D eigenvalue weighted by molar-refractivity contribution is 0.847. The Balaban J connectivity index is 0. The Morgan fingerprint density at radius 1 is 0.643 bits per heavy atom. The Kier molecular flexibility index (Phi) is 16.8. The Morgan fingerprint density at radius 3 is 1.14 bits per heavy atom. The first-order chi connectivity index (χ1) is 6.35. The van der Waals surface area contributed by atoms with Crippen molar-refractivity contribution in [1.82, 2.24) is 0 Å². The molecule has 0 aliphatic rings. The van der Waals surface area contributed by atoms with Crippen LogP contribution in [0.4, 0.5) is 0 Å². The molecule has 0 fully saturated rings. The summed E-state index contributed by atoms with van der Waals surface area (Å²) in [7, 11) is 0.0675.